The largest absolute Gasteiger partial charge is 0.454 e. The highest BCUT2D eigenvalue weighted by Gasteiger charge is 2.15. The van der Waals surface area contributed by atoms with E-state index in [0.29, 0.717) is 13.3 Å². The first-order valence-corrected chi connectivity index (χ1v) is 4.60. The first-order valence-electron chi connectivity index (χ1n) is 4.09. The molecule has 4 heteroatoms. The standard InChI is InChI=1S/C9H11NO2S/c10-4-9(13)6-1-2-7-8(3-6)12-5-11-7/h1-3,9,13H,4-5,10H2. The highest BCUT2D eigenvalue weighted by Crippen LogP contribution is 2.35. The number of benzene rings is 1. The summed E-state index contributed by atoms with van der Waals surface area (Å²) >= 11 is 4.34. The third kappa shape index (κ3) is 1.59. The van der Waals surface area contributed by atoms with Gasteiger partial charge in [0.15, 0.2) is 11.5 Å². The van der Waals surface area contributed by atoms with Crippen molar-refractivity contribution in [3.05, 3.63) is 23.8 Å². The lowest BCUT2D eigenvalue weighted by Gasteiger charge is -2.08. The highest BCUT2D eigenvalue weighted by atomic mass is 32.1. The average Bonchev–Trinajstić information content (AvgIpc) is 2.63. The second-order valence-electron chi connectivity index (χ2n) is 2.86. The van der Waals surface area contributed by atoms with Crippen LogP contribution in [0.5, 0.6) is 11.5 Å². The fourth-order valence-electron chi connectivity index (χ4n) is 1.26. The summed E-state index contributed by atoms with van der Waals surface area (Å²) in [6, 6.07) is 5.77. The van der Waals surface area contributed by atoms with Crippen LogP contribution in [0.25, 0.3) is 0 Å². The summed E-state index contributed by atoms with van der Waals surface area (Å²) in [7, 11) is 0. The molecule has 1 aliphatic rings. The Labute approximate surface area is 82.2 Å². The zero-order valence-electron chi connectivity index (χ0n) is 7.06. The Kier molecular flexibility index (Phi) is 2.33. The molecule has 70 valence electrons. The summed E-state index contributed by atoms with van der Waals surface area (Å²) in [4.78, 5) is 0. The van der Waals surface area contributed by atoms with E-state index in [9.17, 15) is 0 Å². The van der Waals surface area contributed by atoms with Gasteiger partial charge >= 0.3 is 0 Å². The minimum Gasteiger partial charge on any atom is -0.454 e. The van der Waals surface area contributed by atoms with Crippen LogP contribution in [0.1, 0.15) is 10.8 Å². The van der Waals surface area contributed by atoms with E-state index in [1.807, 2.05) is 18.2 Å². The van der Waals surface area contributed by atoms with Gasteiger partial charge < -0.3 is 15.2 Å². The number of fused-ring (bicyclic) bond motifs is 1. The van der Waals surface area contributed by atoms with E-state index < -0.39 is 0 Å². The first-order chi connectivity index (χ1) is 6.31. The lowest BCUT2D eigenvalue weighted by atomic mass is 10.1. The molecule has 2 N–H and O–H groups in total. The summed E-state index contributed by atoms with van der Waals surface area (Å²) in [5.74, 6) is 1.58. The molecule has 13 heavy (non-hydrogen) atoms. The van der Waals surface area contributed by atoms with Crippen molar-refractivity contribution in [2.24, 2.45) is 5.73 Å². The van der Waals surface area contributed by atoms with Crippen molar-refractivity contribution >= 4 is 12.6 Å². The van der Waals surface area contributed by atoms with Crippen LogP contribution in [0.3, 0.4) is 0 Å². The molecule has 1 unspecified atom stereocenters. The Morgan fingerprint density at radius 2 is 2.15 bits per heavy atom. The molecule has 3 nitrogen and oxygen atoms in total. The van der Waals surface area contributed by atoms with E-state index in [-0.39, 0.29) is 5.25 Å². The maximum Gasteiger partial charge on any atom is 0.231 e. The quantitative estimate of drug-likeness (QED) is 0.703. The van der Waals surface area contributed by atoms with Gasteiger partial charge in [0.05, 0.1) is 0 Å². The number of ether oxygens (including phenoxy) is 2. The van der Waals surface area contributed by atoms with Crippen LogP contribution in [0.2, 0.25) is 0 Å². The lowest BCUT2D eigenvalue weighted by Crippen LogP contribution is -2.06. The predicted molar refractivity (Wildman–Crippen MR) is 53.3 cm³/mol. The molecular weight excluding hydrogens is 186 g/mol. The van der Waals surface area contributed by atoms with Gasteiger partial charge in [0.1, 0.15) is 0 Å². The van der Waals surface area contributed by atoms with Gasteiger partial charge in [-0.25, -0.2) is 0 Å². The second-order valence-corrected chi connectivity index (χ2v) is 3.49. The molecule has 0 aromatic heterocycles. The fraction of sp³-hybridized carbons (Fsp3) is 0.333. The van der Waals surface area contributed by atoms with E-state index in [4.69, 9.17) is 15.2 Å². The molecule has 0 amide bonds. The fourth-order valence-corrected chi connectivity index (χ4v) is 1.42. The maximum absolute atomic E-state index is 5.50. The van der Waals surface area contributed by atoms with Gasteiger partial charge in [-0.2, -0.15) is 12.6 Å². The highest BCUT2D eigenvalue weighted by molar-refractivity contribution is 7.80. The molecule has 0 bridgehead atoms. The van der Waals surface area contributed by atoms with Gasteiger partial charge in [-0.1, -0.05) is 6.07 Å². The molecule has 0 fully saturated rings. The average molecular weight is 197 g/mol. The minimum absolute atomic E-state index is 0.0644. The van der Waals surface area contributed by atoms with Gasteiger partial charge in [0, 0.05) is 11.8 Å². The van der Waals surface area contributed by atoms with Crippen molar-refractivity contribution in [2.75, 3.05) is 13.3 Å². The molecule has 1 aromatic carbocycles. The molecule has 0 spiro atoms. The monoisotopic (exact) mass is 197 g/mol. The Morgan fingerprint density at radius 3 is 2.92 bits per heavy atom. The number of thiol groups is 1. The second kappa shape index (κ2) is 3.47. The molecule has 0 radical (unpaired) electrons. The normalized spacial score (nSPS) is 15.8. The molecule has 1 aliphatic heterocycles. The van der Waals surface area contributed by atoms with E-state index in [0.717, 1.165) is 17.1 Å². The Hall–Kier alpha value is -0.870. The van der Waals surface area contributed by atoms with Gasteiger partial charge in [-0.05, 0) is 17.7 Å². The van der Waals surface area contributed by atoms with Crippen molar-refractivity contribution in [3.63, 3.8) is 0 Å². The van der Waals surface area contributed by atoms with Crippen LogP contribution in [0.15, 0.2) is 18.2 Å². The number of hydrogen-bond acceptors (Lipinski definition) is 4. The third-order valence-corrected chi connectivity index (χ3v) is 2.51. The van der Waals surface area contributed by atoms with Crippen molar-refractivity contribution < 1.29 is 9.47 Å². The van der Waals surface area contributed by atoms with Gasteiger partial charge in [-0.15, -0.1) is 0 Å². The molecule has 1 heterocycles. The molecule has 2 rings (SSSR count). The smallest absolute Gasteiger partial charge is 0.231 e. The SMILES string of the molecule is NCC(S)c1ccc2c(c1)OCO2. The molecule has 0 saturated carbocycles. The van der Waals surface area contributed by atoms with Crippen molar-refractivity contribution in [1.29, 1.82) is 0 Å². The van der Waals surface area contributed by atoms with E-state index >= 15 is 0 Å². The minimum atomic E-state index is 0.0644. The molecule has 0 saturated heterocycles. The molecule has 1 atom stereocenters. The Balaban J connectivity index is 2.30. The summed E-state index contributed by atoms with van der Waals surface area (Å²) in [5, 5.41) is 0.0644. The van der Waals surface area contributed by atoms with E-state index in [1.165, 1.54) is 0 Å². The number of hydrogen-bond donors (Lipinski definition) is 2. The zero-order valence-corrected chi connectivity index (χ0v) is 7.96. The van der Waals surface area contributed by atoms with E-state index in [2.05, 4.69) is 12.6 Å². The van der Waals surface area contributed by atoms with Gasteiger partial charge in [-0.3, -0.25) is 0 Å². The van der Waals surface area contributed by atoms with Gasteiger partial charge in [0.25, 0.3) is 0 Å². The zero-order chi connectivity index (χ0) is 9.26. The van der Waals surface area contributed by atoms with Crippen molar-refractivity contribution in [1.82, 2.24) is 0 Å². The summed E-state index contributed by atoms with van der Waals surface area (Å²) in [6.45, 7) is 0.821. The predicted octanol–water partition coefficient (Wildman–Crippen LogP) is 1.34. The third-order valence-electron chi connectivity index (χ3n) is 2.00. The number of nitrogens with two attached hydrogens (primary N) is 1. The van der Waals surface area contributed by atoms with Crippen LogP contribution in [0.4, 0.5) is 0 Å². The van der Waals surface area contributed by atoms with Crippen LogP contribution >= 0.6 is 12.6 Å². The van der Waals surface area contributed by atoms with Crippen molar-refractivity contribution in [3.8, 4) is 11.5 Å². The first kappa shape index (κ1) is 8.72. The van der Waals surface area contributed by atoms with Crippen LogP contribution < -0.4 is 15.2 Å². The van der Waals surface area contributed by atoms with E-state index in [1.54, 1.807) is 0 Å². The maximum atomic E-state index is 5.50. The molecule has 1 aromatic rings. The summed E-state index contributed by atoms with van der Waals surface area (Å²) < 4.78 is 10.4. The summed E-state index contributed by atoms with van der Waals surface area (Å²) in [6.07, 6.45) is 0. The van der Waals surface area contributed by atoms with Crippen molar-refractivity contribution in [2.45, 2.75) is 5.25 Å². The topological polar surface area (TPSA) is 44.5 Å². The van der Waals surface area contributed by atoms with Crippen LogP contribution in [-0.2, 0) is 0 Å². The molecular formula is C9H11NO2S. The summed E-state index contributed by atoms with van der Waals surface area (Å²) in [5.41, 5.74) is 6.57. The Bertz CT molecular complexity index is 316. The molecule has 0 aliphatic carbocycles. The van der Waals surface area contributed by atoms with Crippen LogP contribution in [0, 0.1) is 0 Å². The van der Waals surface area contributed by atoms with Crippen LogP contribution in [-0.4, -0.2) is 13.3 Å². The number of rotatable bonds is 2. The van der Waals surface area contributed by atoms with Gasteiger partial charge in [0.2, 0.25) is 6.79 Å². The lowest BCUT2D eigenvalue weighted by molar-refractivity contribution is 0.174. The Morgan fingerprint density at radius 1 is 1.38 bits per heavy atom.